The predicted octanol–water partition coefficient (Wildman–Crippen LogP) is 2.41. The fourth-order valence-electron chi connectivity index (χ4n) is 1.88. The summed E-state index contributed by atoms with van der Waals surface area (Å²) in [4.78, 5) is 11.7. The van der Waals surface area contributed by atoms with E-state index >= 15 is 0 Å². The summed E-state index contributed by atoms with van der Waals surface area (Å²) in [6.07, 6.45) is 4.44. The highest BCUT2D eigenvalue weighted by Crippen LogP contribution is 2.21. The Kier molecular flexibility index (Phi) is 3.72. The Morgan fingerprint density at radius 1 is 1.00 bits per heavy atom. The van der Waals surface area contributed by atoms with Crippen LogP contribution in [0.25, 0.3) is 11.3 Å². The molecule has 6 nitrogen and oxygen atoms in total. The van der Waals surface area contributed by atoms with Gasteiger partial charge in [-0.15, -0.1) is 0 Å². The second kappa shape index (κ2) is 5.69. The quantitative estimate of drug-likeness (QED) is 0.687. The number of nitrogens with zero attached hydrogens (tertiary/aromatic N) is 3. The van der Waals surface area contributed by atoms with E-state index in [4.69, 9.17) is 4.42 Å². The van der Waals surface area contributed by atoms with Gasteiger partial charge in [0, 0.05) is 18.0 Å². The number of aromatic nitrogens is 3. The van der Waals surface area contributed by atoms with Crippen LogP contribution in [0.15, 0.2) is 58.5 Å². The summed E-state index contributed by atoms with van der Waals surface area (Å²) in [5, 5.41) is -0.224. The Balaban J connectivity index is 1.84. The first-order valence-electron chi connectivity index (χ1n) is 6.56. The molecule has 2 heterocycles. The van der Waals surface area contributed by atoms with E-state index in [1.807, 2.05) is 30.3 Å². The molecule has 0 bridgehead atoms. The van der Waals surface area contributed by atoms with Crippen LogP contribution >= 0.6 is 0 Å². The van der Waals surface area contributed by atoms with E-state index < -0.39 is 9.84 Å². The van der Waals surface area contributed by atoms with Gasteiger partial charge in [-0.05, 0) is 12.5 Å². The van der Waals surface area contributed by atoms with Crippen molar-refractivity contribution in [1.82, 2.24) is 15.0 Å². The molecule has 22 heavy (non-hydrogen) atoms. The zero-order chi connectivity index (χ0) is 15.6. The minimum absolute atomic E-state index is 0.114. The Hall–Kier alpha value is -2.54. The molecule has 0 aliphatic heterocycles. The van der Waals surface area contributed by atoms with Gasteiger partial charge in [0.25, 0.3) is 0 Å². The highest BCUT2D eigenvalue weighted by Gasteiger charge is 2.22. The SMILES string of the molecule is Cc1cnc(S(=O)(=O)Cc2ncc(-c3ccccc3)o2)nc1. The van der Waals surface area contributed by atoms with Crippen LogP contribution in [-0.2, 0) is 15.6 Å². The minimum atomic E-state index is -3.68. The summed E-state index contributed by atoms with van der Waals surface area (Å²) in [5.41, 5.74) is 1.63. The van der Waals surface area contributed by atoms with Crippen LogP contribution in [0.2, 0.25) is 0 Å². The van der Waals surface area contributed by atoms with Crippen LogP contribution in [0.1, 0.15) is 11.5 Å². The van der Waals surface area contributed by atoms with Crippen LogP contribution < -0.4 is 0 Å². The number of oxazole rings is 1. The highest BCUT2D eigenvalue weighted by atomic mass is 32.2. The number of hydrogen-bond acceptors (Lipinski definition) is 6. The van der Waals surface area contributed by atoms with E-state index in [1.54, 1.807) is 6.92 Å². The molecule has 0 N–H and O–H groups in total. The number of rotatable bonds is 4. The van der Waals surface area contributed by atoms with E-state index in [1.165, 1.54) is 18.6 Å². The van der Waals surface area contributed by atoms with Gasteiger partial charge in [-0.1, -0.05) is 30.3 Å². The maximum Gasteiger partial charge on any atom is 0.247 e. The molecular weight excluding hydrogens is 302 g/mol. The number of hydrogen-bond donors (Lipinski definition) is 0. The third-order valence-corrected chi connectivity index (χ3v) is 4.35. The van der Waals surface area contributed by atoms with E-state index in [9.17, 15) is 8.42 Å². The van der Waals surface area contributed by atoms with Crippen molar-refractivity contribution in [2.24, 2.45) is 0 Å². The van der Waals surface area contributed by atoms with Crippen molar-refractivity contribution in [2.75, 3.05) is 0 Å². The molecule has 112 valence electrons. The van der Waals surface area contributed by atoms with Crippen LogP contribution in [-0.4, -0.2) is 23.4 Å². The lowest BCUT2D eigenvalue weighted by Crippen LogP contribution is -2.09. The van der Waals surface area contributed by atoms with E-state index in [0.29, 0.717) is 5.76 Å². The van der Waals surface area contributed by atoms with Crippen molar-refractivity contribution in [3.8, 4) is 11.3 Å². The van der Waals surface area contributed by atoms with Crippen molar-refractivity contribution in [3.63, 3.8) is 0 Å². The van der Waals surface area contributed by atoms with Crippen molar-refractivity contribution in [3.05, 3.63) is 60.4 Å². The van der Waals surface area contributed by atoms with Gasteiger partial charge in [-0.2, -0.15) is 0 Å². The molecule has 0 spiro atoms. The Bertz CT molecular complexity index is 872. The van der Waals surface area contributed by atoms with Crippen LogP contribution in [0.4, 0.5) is 0 Å². The smallest absolute Gasteiger partial charge is 0.247 e. The van der Waals surface area contributed by atoms with Gasteiger partial charge in [-0.3, -0.25) is 0 Å². The molecule has 0 radical (unpaired) electrons. The van der Waals surface area contributed by atoms with Crippen LogP contribution in [0, 0.1) is 6.92 Å². The number of sulfone groups is 1. The van der Waals surface area contributed by atoms with Gasteiger partial charge in [0.15, 0.2) is 5.76 Å². The van der Waals surface area contributed by atoms with Gasteiger partial charge in [0.2, 0.25) is 20.9 Å². The van der Waals surface area contributed by atoms with Gasteiger partial charge in [-0.25, -0.2) is 23.4 Å². The molecule has 0 amide bonds. The summed E-state index contributed by atoms with van der Waals surface area (Å²) in [5.74, 6) is 0.266. The Labute approximate surface area is 127 Å². The second-order valence-electron chi connectivity index (χ2n) is 4.79. The molecule has 0 saturated carbocycles. The molecule has 0 atom stereocenters. The Morgan fingerprint density at radius 2 is 1.68 bits per heavy atom. The minimum Gasteiger partial charge on any atom is -0.440 e. The van der Waals surface area contributed by atoms with Crippen LogP contribution in [0.5, 0.6) is 0 Å². The average Bonchev–Trinajstić information content (AvgIpc) is 2.96. The first-order valence-corrected chi connectivity index (χ1v) is 8.21. The molecule has 7 heteroatoms. The Morgan fingerprint density at radius 3 is 2.36 bits per heavy atom. The topological polar surface area (TPSA) is 86.0 Å². The zero-order valence-electron chi connectivity index (χ0n) is 11.8. The zero-order valence-corrected chi connectivity index (χ0v) is 12.6. The average molecular weight is 315 g/mol. The maximum atomic E-state index is 12.2. The lowest BCUT2D eigenvalue weighted by Gasteiger charge is -2.00. The lowest BCUT2D eigenvalue weighted by atomic mass is 10.2. The lowest BCUT2D eigenvalue weighted by molar-refractivity contribution is 0.517. The van der Waals surface area contributed by atoms with Crippen molar-refractivity contribution in [1.29, 1.82) is 0 Å². The molecule has 3 rings (SSSR count). The van der Waals surface area contributed by atoms with Crippen molar-refractivity contribution >= 4 is 9.84 Å². The normalized spacial score (nSPS) is 11.5. The highest BCUT2D eigenvalue weighted by molar-refractivity contribution is 7.90. The summed E-state index contributed by atoms with van der Waals surface area (Å²) >= 11 is 0. The summed E-state index contributed by atoms with van der Waals surface area (Å²) in [7, 11) is -3.68. The predicted molar refractivity (Wildman–Crippen MR) is 79.6 cm³/mol. The molecule has 0 aliphatic rings. The first kappa shape index (κ1) is 14.4. The summed E-state index contributed by atoms with van der Waals surface area (Å²) in [6.45, 7) is 1.79. The molecule has 0 fully saturated rings. The summed E-state index contributed by atoms with van der Waals surface area (Å²) in [6, 6.07) is 9.35. The van der Waals surface area contributed by atoms with Crippen LogP contribution in [0.3, 0.4) is 0 Å². The monoisotopic (exact) mass is 315 g/mol. The third-order valence-electron chi connectivity index (χ3n) is 2.96. The second-order valence-corrected chi connectivity index (χ2v) is 6.67. The molecule has 1 aromatic carbocycles. The molecule has 2 aromatic heterocycles. The third kappa shape index (κ3) is 3.04. The molecular formula is C15H13N3O3S. The van der Waals surface area contributed by atoms with Gasteiger partial charge in [0.1, 0.15) is 5.75 Å². The molecule has 0 saturated heterocycles. The van der Waals surface area contributed by atoms with E-state index in [-0.39, 0.29) is 16.8 Å². The molecule has 0 unspecified atom stereocenters. The maximum absolute atomic E-state index is 12.2. The number of aryl methyl sites for hydroxylation is 1. The fourth-order valence-corrected chi connectivity index (χ4v) is 2.90. The molecule has 0 aliphatic carbocycles. The van der Waals surface area contributed by atoms with E-state index in [0.717, 1.165) is 11.1 Å². The van der Waals surface area contributed by atoms with Crippen molar-refractivity contribution in [2.45, 2.75) is 17.8 Å². The standard InChI is InChI=1S/C15H13N3O3S/c1-11-7-17-15(18-8-11)22(19,20)10-14-16-9-13(21-14)12-5-3-2-4-6-12/h2-9H,10H2,1H3. The largest absolute Gasteiger partial charge is 0.440 e. The van der Waals surface area contributed by atoms with E-state index in [2.05, 4.69) is 15.0 Å². The van der Waals surface area contributed by atoms with Gasteiger partial charge < -0.3 is 4.42 Å². The number of benzene rings is 1. The fraction of sp³-hybridized carbons (Fsp3) is 0.133. The van der Waals surface area contributed by atoms with Gasteiger partial charge in [0.05, 0.1) is 6.20 Å². The van der Waals surface area contributed by atoms with Gasteiger partial charge >= 0.3 is 0 Å². The molecule has 3 aromatic rings. The summed E-state index contributed by atoms with van der Waals surface area (Å²) < 4.78 is 30.0. The van der Waals surface area contributed by atoms with Crippen molar-refractivity contribution < 1.29 is 12.8 Å². The first-order chi connectivity index (χ1) is 10.5.